The van der Waals surface area contributed by atoms with E-state index in [1.807, 2.05) is 41.3 Å². The Morgan fingerprint density at radius 3 is 2.70 bits per heavy atom. The Labute approximate surface area is 167 Å². The largest absolute Gasteiger partial charge is 0.496 e. The number of hydrogen-bond acceptors (Lipinski definition) is 4. The molecule has 2 heterocycles. The Morgan fingerprint density at radius 1 is 1.11 bits per heavy atom. The molecule has 6 heteroatoms. The molecular weight excluding hydrogens is 410 g/mol. The first-order chi connectivity index (χ1) is 13.2. The molecule has 1 saturated heterocycles. The van der Waals surface area contributed by atoms with Crippen molar-refractivity contribution in [2.75, 3.05) is 26.9 Å². The van der Waals surface area contributed by atoms with Gasteiger partial charge in [-0.25, -0.2) is 0 Å². The maximum atomic E-state index is 13.1. The average Bonchev–Trinajstić information content (AvgIpc) is 3.06. The van der Waals surface area contributed by atoms with Gasteiger partial charge in [-0.3, -0.25) is 4.79 Å². The summed E-state index contributed by atoms with van der Waals surface area (Å²) in [5.41, 5.74) is 1.75. The summed E-state index contributed by atoms with van der Waals surface area (Å²) in [6.07, 6.45) is 2.81. The van der Waals surface area contributed by atoms with E-state index in [1.54, 1.807) is 7.11 Å². The van der Waals surface area contributed by atoms with Crippen molar-refractivity contribution in [3.63, 3.8) is 0 Å². The van der Waals surface area contributed by atoms with Crippen LogP contribution < -0.4 is 14.2 Å². The van der Waals surface area contributed by atoms with E-state index in [1.165, 1.54) is 0 Å². The lowest BCUT2D eigenvalue weighted by atomic mass is 10.0. The van der Waals surface area contributed by atoms with Gasteiger partial charge in [-0.1, -0.05) is 6.07 Å². The zero-order chi connectivity index (χ0) is 18.8. The first-order valence-corrected chi connectivity index (χ1v) is 10.0. The molecular formula is C21H22BrNO4. The van der Waals surface area contributed by atoms with Gasteiger partial charge in [-0.15, -0.1) is 0 Å². The van der Waals surface area contributed by atoms with Crippen LogP contribution in [0.15, 0.2) is 40.9 Å². The Balaban J connectivity index is 1.59. The van der Waals surface area contributed by atoms with Crippen molar-refractivity contribution in [3.05, 3.63) is 52.0 Å². The Hall–Kier alpha value is -2.21. The van der Waals surface area contributed by atoms with Crippen molar-refractivity contribution < 1.29 is 19.0 Å². The predicted molar refractivity (Wildman–Crippen MR) is 106 cm³/mol. The molecule has 0 aliphatic carbocycles. The van der Waals surface area contributed by atoms with Gasteiger partial charge in [0, 0.05) is 18.5 Å². The highest BCUT2D eigenvalue weighted by atomic mass is 79.9. The van der Waals surface area contributed by atoms with Crippen molar-refractivity contribution in [3.8, 4) is 17.2 Å². The third-order valence-corrected chi connectivity index (χ3v) is 5.69. The normalized spacial score (nSPS) is 18.9. The minimum Gasteiger partial charge on any atom is -0.496 e. The number of ether oxygens (including phenoxy) is 3. The van der Waals surface area contributed by atoms with E-state index in [4.69, 9.17) is 14.2 Å². The number of amides is 1. The standard InChI is InChI=1S/C21H22BrNO4/c1-25-18-7-6-15(12-16(18)22)21(24)23-9-2-4-17(23)14-5-8-19-20(13-14)27-11-3-10-26-19/h5-8,12-13,17H,2-4,9-11H2,1H3/t17-/m1/s1. The van der Waals surface area contributed by atoms with Crippen LogP contribution >= 0.6 is 15.9 Å². The first-order valence-electron chi connectivity index (χ1n) is 9.21. The number of halogens is 1. The maximum absolute atomic E-state index is 13.1. The third kappa shape index (κ3) is 3.63. The molecule has 1 fully saturated rings. The average molecular weight is 432 g/mol. The summed E-state index contributed by atoms with van der Waals surface area (Å²) in [6.45, 7) is 2.08. The number of benzene rings is 2. The molecule has 142 valence electrons. The zero-order valence-corrected chi connectivity index (χ0v) is 16.8. The van der Waals surface area contributed by atoms with Crippen LogP contribution in [0.4, 0.5) is 0 Å². The molecule has 2 aromatic carbocycles. The summed E-state index contributed by atoms with van der Waals surface area (Å²) in [4.78, 5) is 15.1. The molecule has 0 N–H and O–H groups in total. The molecule has 5 nitrogen and oxygen atoms in total. The fraction of sp³-hybridized carbons (Fsp3) is 0.381. The Kier molecular flexibility index (Phi) is 5.25. The number of methoxy groups -OCH3 is 1. The molecule has 0 spiro atoms. The van der Waals surface area contributed by atoms with Crippen LogP contribution in [0.25, 0.3) is 0 Å². The molecule has 0 radical (unpaired) electrons. The molecule has 0 saturated carbocycles. The highest BCUT2D eigenvalue weighted by Crippen LogP contribution is 2.39. The minimum absolute atomic E-state index is 0.0352. The van der Waals surface area contributed by atoms with Crippen LogP contribution in [-0.4, -0.2) is 37.7 Å². The van der Waals surface area contributed by atoms with Gasteiger partial charge in [0.15, 0.2) is 11.5 Å². The number of hydrogen-bond donors (Lipinski definition) is 0. The second kappa shape index (κ2) is 7.80. The van der Waals surface area contributed by atoms with Crippen molar-refractivity contribution in [2.45, 2.75) is 25.3 Å². The summed E-state index contributed by atoms with van der Waals surface area (Å²) in [5, 5.41) is 0. The fourth-order valence-corrected chi connectivity index (χ4v) is 4.25. The van der Waals surface area contributed by atoms with Crippen LogP contribution in [0.3, 0.4) is 0 Å². The van der Waals surface area contributed by atoms with Gasteiger partial charge < -0.3 is 19.1 Å². The molecule has 1 amide bonds. The molecule has 4 rings (SSSR count). The predicted octanol–water partition coefficient (Wildman–Crippen LogP) is 4.60. The van der Waals surface area contributed by atoms with Crippen LogP contribution in [0, 0.1) is 0 Å². The van der Waals surface area contributed by atoms with E-state index in [2.05, 4.69) is 15.9 Å². The van der Waals surface area contributed by atoms with E-state index in [0.29, 0.717) is 24.5 Å². The van der Waals surface area contributed by atoms with Gasteiger partial charge in [0.2, 0.25) is 0 Å². The summed E-state index contributed by atoms with van der Waals surface area (Å²) in [5.74, 6) is 2.31. The van der Waals surface area contributed by atoms with Crippen molar-refractivity contribution >= 4 is 21.8 Å². The molecule has 0 unspecified atom stereocenters. The Bertz CT molecular complexity index is 854. The van der Waals surface area contributed by atoms with Gasteiger partial charge >= 0.3 is 0 Å². The van der Waals surface area contributed by atoms with E-state index in [9.17, 15) is 4.79 Å². The molecule has 27 heavy (non-hydrogen) atoms. The molecule has 2 aliphatic heterocycles. The van der Waals surface area contributed by atoms with E-state index >= 15 is 0 Å². The summed E-state index contributed by atoms with van der Waals surface area (Å²) in [6, 6.07) is 11.5. The molecule has 0 bridgehead atoms. The van der Waals surface area contributed by atoms with E-state index in [0.717, 1.165) is 47.3 Å². The van der Waals surface area contributed by atoms with Gasteiger partial charge in [-0.2, -0.15) is 0 Å². The Morgan fingerprint density at radius 2 is 1.93 bits per heavy atom. The van der Waals surface area contributed by atoms with Crippen LogP contribution in [0.2, 0.25) is 0 Å². The lowest BCUT2D eigenvalue weighted by Gasteiger charge is -2.26. The van der Waals surface area contributed by atoms with E-state index < -0.39 is 0 Å². The van der Waals surface area contributed by atoms with Gasteiger partial charge in [-0.05, 0) is 64.7 Å². The monoisotopic (exact) mass is 431 g/mol. The summed E-state index contributed by atoms with van der Waals surface area (Å²) < 4.78 is 17.6. The smallest absolute Gasteiger partial charge is 0.254 e. The quantitative estimate of drug-likeness (QED) is 0.712. The second-order valence-electron chi connectivity index (χ2n) is 6.76. The van der Waals surface area contributed by atoms with Gasteiger partial charge in [0.05, 0.1) is 30.8 Å². The van der Waals surface area contributed by atoms with E-state index in [-0.39, 0.29) is 11.9 Å². The maximum Gasteiger partial charge on any atom is 0.254 e. The van der Waals surface area contributed by atoms with Crippen molar-refractivity contribution in [1.82, 2.24) is 4.90 Å². The lowest BCUT2D eigenvalue weighted by Crippen LogP contribution is -2.30. The van der Waals surface area contributed by atoms with Crippen LogP contribution in [-0.2, 0) is 0 Å². The van der Waals surface area contributed by atoms with Crippen molar-refractivity contribution in [1.29, 1.82) is 0 Å². The van der Waals surface area contributed by atoms with Crippen molar-refractivity contribution in [2.24, 2.45) is 0 Å². The summed E-state index contributed by atoms with van der Waals surface area (Å²) in [7, 11) is 1.61. The van der Waals surface area contributed by atoms with Gasteiger partial charge in [0.25, 0.3) is 5.91 Å². The van der Waals surface area contributed by atoms with Gasteiger partial charge in [0.1, 0.15) is 5.75 Å². The van der Waals surface area contributed by atoms with Crippen LogP contribution in [0.1, 0.15) is 41.2 Å². The van der Waals surface area contributed by atoms with Crippen LogP contribution in [0.5, 0.6) is 17.2 Å². The first kappa shape index (κ1) is 18.2. The highest BCUT2D eigenvalue weighted by Gasteiger charge is 2.31. The number of nitrogens with zero attached hydrogens (tertiary/aromatic N) is 1. The topological polar surface area (TPSA) is 48.0 Å². The number of fused-ring (bicyclic) bond motifs is 1. The number of carbonyl (C=O) groups excluding carboxylic acids is 1. The third-order valence-electron chi connectivity index (χ3n) is 5.07. The number of carbonyl (C=O) groups is 1. The SMILES string of the molecule is COc1ccc(C(=O)N2CCC[C@@H]2c2ccc3c(c2)OCCCO3)cc1Br. The molecule has 1 atom stereocenters. The zero-order valence-electron chi connectivity index (χ0n) is 15.2. The number of likely N-dealkylation sites (tertiary alicyclic amines) is 1. The fourth-order valence-electron chi connectivity index (χ4n) is 3.71. The molecule has 2 aliphatic rings. The molecule has 0 aromatic heterocycles. The summed E-state index contributed by atoms with van der Waals surface area (Å²) >= 11 is 3.47. The lowest BCUT2D eigenvalue weighted by molar-refractivity contribution is 0.0735. The molecule has 2 aromatic rings. The second-order valence-corrected chi connectivity index (χ2v) is 7.62. The minimum atomic E-state index is 0.0352. The highest BCUT2D eigenvalue weighted by molar-refractivity contribution is 9.10. The number of rotatable bonds is 3.